The van der Waals surface area contributed by atoms with Gasteiger partial charge in [-0.2, -0.15) is 11.8 Å². The first-order chi connectivity index (χ1) is 8.11. The fraction of sp³-hybridized carbons (Fsp3) is 0.462. The average molecular weight is 250 g/mol. The zero-order valence-electron chi connectivity index (χ0n) is 10.3. The van der Waals surface area contributed by atoms with Gasteiger partial charge in [-0.1, -0.05) is 6.07 Å². The van der Waals surface area contributed by atoms with Crippen LogP contribution in [0.25, 0.3) is 0 Å². The predicted octanol–water partition coefficient (Wildman–Crippen LogP) is 2.15. The van der Waals surface area contributed by atoms with E-state index in [2.05, 4.69) is 0 Å². The Morgan fingerprint density at radius 2 is 2.29 bits per heavy atom. The van der Waals surface area contributed by atoms with Crippen molar-refractivity contribution in [3.8, 4) is 0 Å². The number of carbonyl (C=O) groups is 1. The average Bonchev–Trinajstić information content (AvgIpc) is 2.84. The Labute approximate surface area is 106 Å². The smallest absolute Gasteiger partial charge is 0.254 e. The van der Waals surface area contributed by atoms with Crippen LogP contribution in [-0.4, -0.2) is 35.4 Å². The highest BCUT2D eigenvalue weighted by molar-refractivity contribution is 7.99. The maximum atomic E-state index is 12.4. The lowest BCUT2D eigenvalue weighted by Gasteiger charge is -2.24. The van der Waals surface area contributed by atoms with E-state index in [1.807, 2.05) is 48.8 Å². The van der Waals surface area contributed by atoms with Crippen molar-refractivity contribution in [1.82, 2.24) is 4.90 Å². The molecule has 0 bridgehead atoms. The molecule has 0 radical (unpaired) electrons. The Balaban J connectivity index is 2.21. The Kier molecular flexibility index (Phi) is 3.62. The molecular formula is C13H18N2OS. The standard InChI is InChI=1S/C13H18N2OS/c1-9-11(4-3-5-12(9)14)13(16)15(2)10-6-7-17-8-10/h3-5,10H,6-8,14H2,1-2H3. The van der Waals surface area contributed by atoms with Crippen molar-refractivity contribution >= 4 is 23.4 Å². The number of amides is 1. The predicted molar refractivity (Wildman–Crippen MR) is 73.4 cm³/mol. The zero-order valence-corrected chi connectivity index (χ0v) is 11.1. The van der Waals surface area contributed by atoms with Crippen LogP contribution in [0.4, 0.5) is 5.69 Å². The largest absolute Gasteiger partial charge is 0.398 e. The Hall–Kier alpha value is -1.16. The summed E-state index contributed by atoms with van der Waals surface area (Å²) in [4.78, 5) is 14.2. The number of benzene rings is 1. The molecule has 0 spiro atoms. The van der Waals surface area contributed by atoms with Crippen LogP contribution in [0, 0.1) is 6.92 Å². The Morgan fingerprint density at radius 3 is 2.94 bits per heavy atom. The van der Waals surface area contributed by atoms with Gasteiger partial charge in [-0.15, -0.1) is 0 Å². The third-order valence-electron chi connectivity index (χ3n) is 3.38. The van der Waals surface area contributed by atoms with Gasteiger partial charge in [-0.05, 0) is 36.8 Å². The van der Waals surface area contributed by atoms with Gasteiger partial charge in [0.05, 0.1) is 0 Å². The van der Waals surface area contributed by atoms with E-state index in [0.29, 0.717) is 11.7 Å². The minimum absolute atomic E-state index is 0.0855. The van der Waals surface area contributed by atoms with Crippen LogP contribution in [0.1, 0.15) is 22.3 Å². The molecule has 1 heterocycles. The van der Waals surface area contributed by atoms with Gasteiger partial charge in [-0.25, -0.2) is 0 Å². The molecule has 3 nitrogen and oxygen atoms in total. The number of rotatable bonds is 2. The molecule has 17 heavy (non-hydrogen) atoms. The number of hydrogen-bond donors (Lipinski definition) is 1. The molecule has 1 aliphatic heterocycles. The van der Waals surface area contributed by atoms with Gasteiger partial charge in [0.2, 0.25) is 0 Å². The molecule has 1 aliphatic rings. The molecule has 1 aromatic rings. The number of nitrogens with zero attached hydrogens (tertiary/aromatic N) is 1. The van der Waals surface area contributed by atoms with Gasteiger partial charge in [0.25, 0.3) is 5.91 Å². The summed E-state index contributed by atoms with van der Waals surface area (Å²) in [7, 11) is 1.89. The third kappa shape index (κ3) is 2.41. The third-order valence-corrected chi connectivity index (χ3v) is 4.52. The second-order valence-corrected chi connectivity index (χ2v) is 5.60. The second kappa shape index (κ2) is 5.00. The summed E-state index contributed by atoms with van der Waals surface area (Å²) >= 11 is 1.91. The van der Waals surface area contributed by atoms with E-state index in [1.54, 1.807) is 0 Å². The maximum absolute atomic E-state index is 12.4. The number of thioether (sulfide) groups is 1. The molecule has 0 aliphatic carbocycles. The molecule has 1 fully saturated rings. The Bertz CT molecular complexity index is 427. The van der Waals surface area contributed by atoms with Crippen molar-refractivity contribution in [2.45, 2.75) is 19.4 Å². The van der Waals surface area contributed by atoms with Crippen LogP contribution < -0.4 is 5.73 Å². The van der Waals surface area contributed by atoms with Crippen molar-refractivity contribution < 1.29 is 4.79 Å². The summed E-state index contributed by atoms with van der Waals surface area (Å²) in [6.45, 7) is 1.90. The first kappa shape index (κ1) is 12.3. The van der Waals surface area contributed by atoms with Gasteiger partial charge in [0.1, 0.15) is 0 Å². The monoisotopic (exact) mass is 250 g/mol. The lowest BCUT2D eigenvalue weighted by Crippen LogP contribution is -2.37. The van der Waals surface area contributed by atoms with Crippen molar-refractivity contribution in [3.63, 3.8) is 0 Å². The highest BCUT2D eigenvalue weighted by atomic mass is 32.2. The molecule has 1 atom stereocenters. The van der Waals surface area contributed by atoms with Crippen molar-refractivity contribution in [2.75, 3.05) is 24.3 Å². The number of nitrogens with two attached hydrogens (primary N) is 1. The van der Waals surface area contributed by atoms with E-state index >= 15 is 0 Å². The maximum Gasteiger partial charge on any atom is 0.254 e. The molecule has 2 rings (SSSR count). The van der Waals surface area contributed by atoms with Gasteiger partial charge in [0, 0.05) is 30.1 Å². The van der Waals surface area contributed by atoms with Gasteiger partial charge in [0.15, 0.2) is 0 Å². The fourth-order valence-corrected chi connectivity index (χ4v) is 3.34. The SMILES string of the molecule is Cc1c(N)cccc1C(=O)N(C)C1CCSC1. The van der Waals surface area contributed by atoms with Crippen LogP contribution in [0.15, 0.2) is 18.2 Å². The van der Waals surface area contributed by atoms with E-state index in [0.717, 1.165) is 29.1 Å². The van der Waals surface area contributed by atoms with Gasteiger partial charge >= 0.3 is 0 Å². The van der Waals surface area contributed by atoms with Crippen LogP contribution in [0.3, 0.4) is 0 Å². The first-order valence-electron chi connectivity index (χ1n) is 5.81. The van der Waals surface area contributed by atoms with E-state index in [-0.39, 0.29) is 5.91 Å². The van der Waals surface area contributed by atoms with Crippen molar-refractivity contribution in [2.24, 2.45) is 0 Å². The lowest BCUT2D eigenvalue weighted by atomic mass is 10.0. The second-order valence-electron chi connectivity index (χ2n) is 4.45. The number of carbonyl (C=O) groups excluding carboxylic acids is 1. The van der Waals surface area contributed by atoms with E-state index < -0.39 is 0 Å². The zero-order chi connectivity index (χ0) is 12.4. The number of hydrogen-bond acceptors (Lipinski definition) is 3. The summed E-state index contributed by atoms with van der Waals surface area (Å²) in [5.74, 6) is 2.28. The van der Waals surface area contributed by atoms with Gasteiger partial charge in [-0.3, -0.25) is 4.79 Å². The van der Waals surface area contributed by atoms with E-state index in [9.17, 15) is 4.79 Å². The number of anilines is 1. The summed E-state index contributed by atoms with van der Waals surface area (Å²) < 4.78 is 0. The minimum Gasteiger partial charge on any atom is -0.398 e. The van der Waals surface area contributed by atoms with Crippen LogP contribution >= 0.6 is 11.8 Å². The highest BCUT2D eigenvalue weighted by Crippen LogP contribution is 2.24. The molecule has 0 aromatic heterocycles. The quantitative estimate of drug-likeness (QED) is 0.818. The topological polar surface area (TPSA) is 46.3 Å². The van der Waals surface area contributed by atoms with Crippen molar-refractivity contribution in [1.29, 1.82) is 0 Å². The van der Waals surface area contributed by atoms with Crippen LogP contribution in [0.2, 0.25) is 0 Å². The Morgan fingerprint density at radius 1 is 1.53 bits per heavy atom. The molecule has 2 N–H and O–H groups in total. The minimum atomic E-state index is 0.0855. The molecule has 1 aromatic carbocycles. The molecule has 1 saturated heterocycles. The van der Waals surface area contributed by atoms with Gasteiger partial charge < -0.3 is 10.6 Å². The first-order valence-corrected chi connectivity index (χ1v) is 6.96. The number of nitrogen functional groups attached to an aromatic ring is 1. The highest BCUT2D eigenvalue weighted by Gasteiger charge is 2.25. The molecule has 0 saturated carbocycles. The normalized spacial score (nSPS) is 19.3. The summed E-state index contributed by atoms with van der Waals surface area (Å²) in [5.41, 5.74) is 8.13. The van der Waals surface area contributed by atoms with E-state index in [4.69, 9.17) is 5.73 Å². The van der Waals surface area contributed by atoms with Crippen LogP contribution in [0.5, 0.6) is 0 Å². The fourth-order valence-electron chi connectivity index (χ4n) is 2.07. The lowest BCUT2D eigenvalue weighted by molar-refractivity contribution is 0.0747. The molecule has 1 amide bonds. The molecule has 4 heteroatoms. The summed E-state index contributed by atoms with van der Waals surface area (Å²) in [6.07, 6.45) is 1.09. The van der Waals surface area contributed by atoms with Crippen LogP contribution in [-0.2, 0) is 0 Å². The molecule has 1 unspecified atom stereocenters. The summed E-state index contributed by atoms with van der Waals surface area (Å²) in [6, 6.07) is 5.89. The molecular weight excluding hydrogens is 232 g/mol. The summed E-state index contributed by atoms with van der Waals surface area (Å²) in [5, 5.41) is 0. The van der Waals surface area contributed by atoms with Crippen molar-refractivity contribution in [3.05, 3.63) is 29.3 Å². The molecule has 92 valence electrons. The van der Waals surface area contributed by atoms with E-state index in [1.165, 1.54) is 0 Å².